The Morgan fingerprint density at radius 3 is 2.38 bits per heavy atom. The molecule has 7 heteroatoms. The van der Waals surface area contributed by atoms with Crippen LogP contribution in [0.1, 0.15) is 18.9 Å². The molecule has 116 valence electrons. The first-order valence-electron chi connectivity index (χ1n) is 6.83. The van der Waals surface area contributed by atoms with Gasteiger partial charge in [0, 0.05) is 13.1 Å². The summed E-state index contributed by atoms with van der Waals surface area (Å²) in [6.45, 7) is 2.35. The highest BCUT2D eigenvalue weighted by Gasteiger charge is 2.37. The second-order valence-corrected chi connectivity index (χ2v) is 7.21. The van der Waals surface area contributed by atoms with E-state index in [-0.39, 0.29) is 23.8 Å². The molecule has 2 atom stereocenters. The molecule has 0 aromatic heterocycles. The van der Waals surface area contributed by atoms with Crippen LogP contribution in [0.2, 0.25) is 0 Å². The number of aliphatic hydroxyl groups excluding tert-OH is 1. The van der Waals surface area contributed by atoms with Crippen LogP contribution in [-0.2, 0) is 21.2 Å². The number of aliphatic carboxylic acids is 1. The fourth-order valence-electron chi connectivity index (χ4n) is 2.52. The fraction of sp³-hybridized carbons (Fsp3) is 0.500. The van der Waals surface area contributed by atoms with Crippen LogP contribution in [0, 0.1) is 5.92 Å². The van der Waals surface area contributed by atoms with Gasteiger partial charge in [0.25, 0.3) is 0 Å². The molecule has 0 radical (unpaired) electrons. The Morgan fingerprint density at radius 2 is 1.90 bits per heavy atom. The Hall–Kier alpha value is -1.44. The van der Waals surface area contributed by atoms with E-state index in [9.17, 15) is 18.3 Å². The maximum absolute atomic E-state index is 12.5. The number of carboxylic acids is 1. The van der Waals surface area contributed by atoms with E-state index in [0.29, 0.717) is 12.1 Å². The molecule has 21 heavy (non-hydrogen) atoms. The number of hydrogen-bond acceptors (Lipinski definition) is 4. The number of carbonyl (C=O) groups is 1. The lowest BCUT2D eigenvalue weighted by atomic mass is 10.0. The molecule has 2 unspecified atom stereocenters. The predicted octanol–water partition coefficient (Wildman–Crippen LogP) is 0.705. The molecular formula is C14H19NO5S. The van der Waals surface area contributed by atoms with E-state index in [1.165, 1.54) is 28.6 Å². The van der Waals surface area contributed by atoms with Crippen molar-refractivity contribution in [2.24, 2.45) is 5.92 Å². The largest absolute Gasteiger partial charge is 0.481 e. The second-order valence-electron chi connectivity index (χ2n) is 5.27. The van der Waals surface area contributed by atoms with Crippen molar-refractivity contribution in [2.45, 2.75) is 30.8 Å². The molecule has 2 N–H and O–H groups in total. The average molecular weight is 313 g/mol. The number of sulfonamides is 1. The molecular weight excluding hydrogens is 294 g/mol. The Kier molecular flexibility index (Phi) is 4.65. The Bertz CT molecular complexity index is 611. The Labute approximate surface area is 124 Å². The summed E-state index contributed by atoms with van der Waals surface area (Å²) in [6.07, 6.45) is -0.0400. The van der Waals surface area contributed by atoms with E-state index in [2.05, 4.69) is 0 Å². The minimum absolute atomic E-state index is 0.0361. The van der Waals surface area contributed by atoms with Gasteiger partial charge in [-0.05, 0) is 30.0 Å². The molecule has 0 bridgehead atoms. The van der Waals surface area contributed by atoms with E-state index in [1.54, 1.807) is 0 Å². The van der Waals surface area contributed by atoms with Gasteiger partial charge in [0.1, 0.15) is 0 Å². The van der Waals surface area contributed by atoms with Crippen molar-refractivity contribution >= 4 is 16.0 Å². The van der Waals surface area contributed by atoms with E-state index >= 15 is 0 Å². The Morgan fingerprint density at radius 1 is 1.29 bits per heavy atom. The van der Waals surface area contributed by atoms with Gasteiger partial charge in [-0.2, -0.15) is 4.31 Å². The lowest BCUT2D eigenvalue weighted by molar-refractivity contribution is -0.136. The molecule has 1 aliphatic rings. The Balaban J connectivity index is 2.18. The summed E-state index contributed by atoms with van der Waals surface area (Å²) in [5.74, 6) is -0.995. The summed E-state index contributed by atoms with van der Waals surface area (Å²) in [6, 6.07) is 5.84. The van der Waals surface area contributed by atoms with Gasteiger partial charge in [0.05, 0.1) is 17.4 Å². The summed E-state index contributed by atoms with van der Waals surface area (Å²) in [5, 5.41) is 18.5. The van der Waals surface area contributed by atoms with Gasteiger partial charge in [-0.3, -0.25) is 4.79 Å². The van der Waals surface area contributed by atoms with E-state index in [1.807, 2.05) is 6.92 Å². The van der Waals surface area contributed by atoms with Crippen LogP contribution in [0.15, 0.2) is 29.2 Å². The van der Waals surface area contributed by atoms with Gasteiger partial charge in [0.2, 0.25) is 10.0 Å². The molecule has 0 spiro atoms. The van der Waals surface area contributed by atoms with Gasteiger partial charge < -0.3 is 10.2 Å². The normalized spacial score (nSPS) is 23.3. The number of β-amino-alcohol motifs (C(OH)–C–C–N with tert-alkyl or cyclic N) is 1. The molecule has 1 aromatic rings. The summed E-state index contributed by atoms with van der Waals surface area (Å²) in [4.78, 5) is 10.7. The molecule has 0 aliphatic carbocycles. The van der Waals surface area contributed by atoms with Gasteiger partial charge in [-0.25, -0.2) is 8.42 Å². The van der Waals surface area contributed by atoms with Crippen LogP contribution in [-0.4, -0.2) is 48.1 Å². The lowest BCUT2D eigenvalue weighted by Gasteiger charge is -2.16. The smallest absolute Gasteiger partial charge is 0.307 e. The third-order valence-corrected chi connectivity index (χ3v) is 5.66. The van der Waals surface area contributed by atoms with Crippen molar-refractivity contribution in [3.63, 3.8) is 0 Å². The van der Waals surface area contributed by atoms with Crippen LogP contribution in [0.25, 0.3) is 0 Å². The van der Waals surface area contributed by atoms with E-state index in [0.717, 1.165) is 6.42 Å². The first-order chi connectivity index (χ1) is 9.84. The van der Waals surface area contributed by atoms with Crippen LogP contribution in [0.3, 0.4) is 0 Å². The number of carboxylic acid groups (broad SMARTS) is 1. The number of hydrogen-bond donors (Lipinski definition) is 2. The molecule has 1 aromatic carbocycles. The second kappa shape index (κ2) is 6.13. The van der Waals surface area contributed by atoms with Crippen molar-refractivity contribution in [3.8, 4) is 0 Å². The highest BCUT2D eigenvalue weighted by atomic mass is 32.2. The molecule has 2 rings (SSSR count). The standard InChI is InChI=1S/C14H19NO5S/c1-2-11-8-15(9-13(11)16)21(19,20)12-5-3-10(4-6-12)7-14(17)18/h3-6,11,13,16H,2,7-9H2,1H3,(H,17,18). The molecule has 1 fully saturated rings. The van der Waals surface area contributed by atoms with Gasteiger partial charge >= 0.3 is 5.97 Å². The first kappa shape index (κ1) is 15.9. The average Bonchev–Trinajstić information content (AvgIpc) is 2.80. The number of benzene rings is 1. The molecule has 1 heterocycles. The van der Waals surface area contributed by atoms with E-state index < -0.39 is 22.1 Å². The monoisotopic (exact) mass is 313 g/mol. The third-order valence-electron chi connectivity index (χ3n) is 3.81. The van der Waals surface area contributed by atoms with Crippen LogP contribution < -0.4 is 0 Å². The first-order valence-corrected chi connectivity index (χ1v) is 8.27. The van der Waals surface area contributed by atoms with Gasteiger partial charge in [0.15, 0.2) is 0 Å². The molecule has 6 nitrogen and oxygen atoms in total. The minimum atomic E-state index is -3.63. The van der Waals surface area contributed by atoms with Crippen molar-refractivity contribution in [2.75, 3.05) is 13.1 Å². The van der Waals surface area contributed by atoms with Crippen LogP contribution >= 0.6 is 0 Å². The van der Waals surface area contributed by atoms with Crippen molar-refractivity contribution < 1.29 is 23.4 Å². The number of nitrogens with zero attached hydrogens (tertiary/aromatic N) is 1. The SMILES string of the molecule is CCC1CN(S(=O)(=O)c2ccc(CC(=O)O)cc2)CC1O. The maximum atomic E-state index is 12.5. The topological polar surface area (TPSA) is 94.9 Å². The molecule has 0 saturated carbocycles. The molecule has 0 amide bonds. The highest BCUT2D eigenvalue weighted by Crippen LogP contribution is 2.26. The third kappa shape index (κ3) is 3.42. The molecule has 1 aliphatic heterocycles. The van der Waals surface area contributed by atoms with Crippen molar-refractivity contribution in [1.82, 2.24) is 4.31 Å². The lowest BCUT2D eigenvalue weighted by Crippen LogP contribution is -2.29. The quantitative estimate of drug-likeness (QED) is 0.834. The number of aliphatic hydroxyl groups is 1. The van der Waals surface area contributed by atoms with Gasteiger partial charge in [-0.15, -0.1) is 0 Å². The van der Waals surface area contributed by atoms with E-state index in [4.69, 9.17) is 5.11 Å². The van der Waals surface area contributed by atoms with Crippen molar-refractivity contribution in [1.29, 1.82) is 0 Å². The van der Waals surface area contributed by atoms with Gasteiger partial charge in [-0.1, -0.05) is 19.1 Å². The highest BCUT2D eigenvalue weighted by molar-refractivity contribution is 7.89. The van der Waals surface area contributed by atoms with Crippen LogP contribution in [0.4, 0.5) is 0 Å². The zero-order valence-electron chi connectivity index (χ0n) is 11.8. The summed E-state index contributed by atoms with van der Waals surface area (Å²) in [7, 11) is -3.63. The summed E-state index contributed by atoms with van der Waals surface area (Å²) < 4.78 is 26.2. The maximum Gasteiger partial charge on any atom is 0.307 e. The summed E-state index contributed by atoms with van der Waals surface area (Å²) >= 11 is 0. The fourth-order valence-corrected chi connectivity index (χ4v) is 4.03. The zero-order valence-corrected chi connectivity index (χ0v) is 12.6. The molecule has 1 saturated heterocycles. The predicted molar refractivity (Wildman–Crippen MR) is 76.3 cm³/mol. The van der Waals surface area contributed by atoms with Crippen molar-refractivity contribution in [3.05, 3.63) is 29.8 Å². The number of rotatable bonds is 5. The minimum Gasteiger partial charge on any atom is -0.481 e. The van der Waals surface area contributed by atoms with Crippen LogP contribution in [0.5, 0.6) is 0 Å². The summed E-state index contributed by atoms with van der Waals surface area (Å²) in [5.41, 5.74) is 0.550. The zero-order chi connectivity index (χ0) is 15.6.